The number of aromatic nitrogens is 2. The third-order valence-electron chi connectivity index (χ3n) is 7.08. The molecule has 0 radical (unpaired) electrons. The molecule has 9 heteroatoms. The Kier molecular flexibility index (Phi) is 9.22. The van der Waals surface area contributed by atoms with Crippen LogP contribution in [-0.4, -0.2) is 64.9 Å². The number of rotatable bonds is 8. The molecule has 0 saturated carbocycles. The van der Waals surface area contributed by atoms with E-state index in [1.54, 1.807) is 23.4 Å². The van der Waals surface area contributed by atoms with Crippen molar-refractivity contribution in [3.8, 4) is 6.07 Å². The van der Waals surface area contributed by atoms with Gasteiger partial charge in [-0.05, 0) is 49.7 Å². The van der Waals surface area contributed by atoms with Crippen molar-refractivity contribution in [3.05, 3.63) is 87.4 Å². The second-order valence-electron chi connectivity index (χ2n) is 9.50. The molecule has 2 heterocycles. The molecule has 1 aromatic heterocycles. The Balaban J connectivity index is 1.51. The lowest BCUT2D eigenvalue weighted by atomic mass is 9.99. The average Bonchev–Trinajstić information content (AvgIpc) is 2.94. The first kappa shape index (κ1) is 27.8. The van der Waals surface area contributed by atoms with Gasteiger partial charge in [0.05, 0.1) is 40.3 Å². The Bertz CT molecular complexity index is 1290. The van der Waals surface area contributed by atoms with Gasteiger partial charge in [-0.1, -0.05) is 42.3 Å². The van der Waals surface area contributed by atoms with Crippen LogP contribution >= 0.6 is 23.2 Å². The summed E-state index contributed by atoms with van der Waals surface area (Å²) in [6.45, 7) is 10.5. The molecule has 0 spiro atoms. The van der Waals surface area contributed by atoms with Crippen LogP contribution in [0.3, 0.4) is 0 Å². The fraction of sp³-hybridized carbons (Fsp3) is 0.379. The Morgan fingerprint density at radius 2 is 1.84 bits per heavy atom. The van der Waals surface area contributed by atoms with Crippen molar-refractivity contribution in [2.24, 2.45) is 0 Å². The van der Waals surface area contributed by atoms with E-state index in [2.05, 4.69) is 44.9 Å². The fourth-order valence-corrected chi connectivity index (χ4v) is 5.34. The quantitative estimate of drug-likeness (QED) is 0.352. The molecular formula is C29H32Cl2N6O. The third kappa shape index (κ3) is 6.27. The largest absolute Gasteiger partial charge is 0.361 e. The van der Waals surface area contributed by atoms with Crippen molar-refractivity contribution < 1.29 is 4.79 Å². The molecule has 0 aliphatic carbocycles. The normalized spacial score (nSPS) is 16.6. The van der Waals surface area contributed by atoms with Gasteiger partial charge in [-0.25, -0.2) is 4.98 Å². The molecular weight excluding hydrogens is 519 g/mol. The summed E-state index contributed by atoms with van der Waals surface area (Å²) in [5.41, 5.74) is 3.84. The summed E-state index contributed by atoms with van der Waals surface area (Å²) in [6.07, 6.45) is 3.32. The molecule has 1 fully saturated rings. The molecule has 0 N–H and O–H groups in total. The van der Waals surface area contributed by atoms with Crippen LogP contribution in [0.15, 0.2) is 54.9 Å². The zero-order valence-electron chi connectivity index (χ0n) is 21.9. The van der Waals surface area contributed by atoms with Gasteiger partial charge in [0.1, 0.15) is 5.69 Å². The van der Waals surface area contributed by atoms with E-state index in [4.69, 9.17) is 23.2 Å². The average molecular weight is 552 g/mol. The Hall–Kier alpha value is -3.18. The minimum Gasteiger partial charge on any atom is -0.361 e. The number of hydrogen-bond donors (Lipinski definition) is 0. The summed E-state index contributed by atoms with van der Waals surface area (Å²) >= 11 is 12.8. The number of carbonyl (C=O) groups is 1. The topological polar surface area (TPSA) is 76.4 Å². The van der Waals surface area contributed by atoms with Gasteiger partial charge in [-0.2, -0.15) is 5.26 Å². The van der Waals surface area contributed by atoms with Crippen molar-refractivity contribution in [1.29, 1.82) is 5.26 Å². The van der Waals surface area contributed by atoms with Crippen molar-refractivity contribution in [2.45, 2.75) is 32.7 Å². The standard InChI is InChI=1S/C29H32Cl2N6O/c1-4-36(5-2)29(38)26-17-33-25(16-34-26)20(3)18-35-12-13-37(27-11-6-21(15-32)14-24(27)31)28(19-35)22-7-9-23(30)10-8-22/h6-11,14,16-17,20,28H,4-5,12-13,18-19H2,1-3H3/t20-,28-/m0/s1. The van der Waals surface area contributed by atoms with Gasteiger partial charge >= 0.3 is 0 Å². The SMILES string of the molecule is CCN(CC)C(=O)c1cnc([C@@H](C)CN2CCN(c3ccc(C#N)cc3Cl)[C@H](c3ccc(Cl)cc3)C2)cn1. The van der Waals surface area contributed by atoms with Gasteiger partial charge in [0, 0.05) is 56.4 Å². The van der Waals surface area contributed by atoms with Crippen LogP contribution in [0.5, 0.6) is 0 Å². The summed E-state index contributed by atoms with van der Waals surface area (Å²) in [5, 5.41) is 10.5. The summed E-state index contributed by atoms with van der Waals surface area (Å²) < 4.78 is 0. The number of carbonyl (C=O) groups excluding carboxylic acids is 1. The predicted octanol–water partition coefficient (Wildman–Crippen LogP) is 5.80. The first-order valence-electron chi connectivity index (χ1n) is 12.9. The molecule has 2 atom stereocenters. The minimum atomic E-state index is -0.0925. The molecule has 1 amide bonds. The van der Waals surface area contributed by atoms with E-state index in [1.165, 1.54) is 0 Å². The number of hydrogen-bond acceptors (Lipinski definition) is 6. The molecule has 7 nitrogen and oxygen atoms in total. The van der Waals surface area contributed by atoms with Crippen molar-refractivity contribution in [1.82, 2.24) is 19.8 Å². The minimum absolute atomic E-state index is 0.0544. The van der Waals surface area contributed by atoms with E-state index >= 15 is 0 Å². The van der Waals surface area contributed by atoms with Crippen LogP contribution in [0, 0.1) is 11.3 Å². The zero-order chi connectivity index (χ0) is 27.2. The number of nitrogens with zero attached hydrogens (tertiary/aromatic N) is 6. The molecule has 2 aromatic carbocycles. The van der Waals surface area contributed by atoms with Gasteiger partial charge < -0.3 is 9.80 Å². The van der Waals surface area contributed by atoms with E-state index in [9.17, 15) is 10.1 Å². The van der Waals surface area contributed by atoms with Gasteiger partial charge in [0.2, 0.25) is 0 Å². The maximum Gasteiger partial charge on any atom is 0.274 e. The Morgan fingerprint density at radius 1 is 1.11 bits per heavy atom. The van der Waals surface area contributed by atoms with Crippen LogP contribution in [-0.2, 0) is 0 Å². The molecule has 4 rings (SSSR count). The van der Waals surface area contributed by atoms with E-state index in [1.807, 2.05) is 38.1 Å². The van der Waals surface area contributed by atoms with E-state index < -0.39 is 0 Å². The molecule has 1 aliphatic rings. The number of benzene rings is 2. The van der Waals surface area contributed by atoms with Crippen molar-refractivity contribution >= 4 is 34.8 Å². The summed E-state index contributed by atoms with van der Waals surface area (Å²) in [5.74, 6) is 0.0427. The smallest absolute Gasteiger partial charge is 0.274 e. The number of piperazine rings is 1. The molecule has 3 aromatic rings. The highest BCUT2D eigenvalue weighted by Gasteiger charge is 2.31. The maximum absolute atomic E-state index is 12.6. The Labute approximate surface area is 234 Å². The van der Waals surface area contributed by atoms with Crippen LogP contribution in [0.4, 0.5) is 5.69 Å². The van der Waals surface area contributed by atoms with E-state index in [0.29, 0.717) is 34.4 Å². The third-order valence-corrected chi connectivity index (χ3v) is 7.64. The molecule has 0 bridgehead atoms. The monoisotopic (exact) mass is 550 g/mol. The fourth-order valence-electron chi connectivity index (χ4n) is 4.93. The highest BCUT2D eigenvalue weighted by molar-refractivity contribution is 6.33. The van der Waals surface area contributed by atoms with Gasteiger partial charge in [-0.3, -0.25) is 14.7 Å². The lowest BCUT2D eigenvalue weighted by Crippen LogP contribution is -2.49. The van der Waals surface area contributed by atoms with Crippen LogP contribution < -0.4 is 4.90 Å². The molecule has 1 saturated heterocycles. The maximum atomic E-state index is 12.6. The summed E-state index contributed by atoms with van der Waals surface area (Å²) in [4.78, 5) is 28.1. The van der Waals surface area contributed by atoms with Crippen molar-refractivity contribution in [3.63, 3.8) is 0 Å². The highest BCUT2D eigenvalue weighted by atomic mass is 35.5. The van der Waals surface area contributed by atoms with E-state index in [-0.39, 0.29) is 17.9 Å². The van der Waals surface area contributed by atoms with E-state index in [0.717, 1.165) is 43.1 Å². The first-order chi connectivity index (χ1) is 18.3. The first-order valence-corrected chi connectivity index (χ1v) is 13.7. The van der Waals surface area contributed by atoms with Crippen LogP contribution in [0.2, 0.25) is 10.0 Å². The number of amides is 1. The second kappa shape index (κ2) is 12.6. The summed E-state index contributed by atoms with van der Waals surface area (Å²) in [7, 11) is 0. The van der Waals surface area contributed by atoms with Gasteiger partial charge in [0.15, 0.2) is 0 Å². The molecule has 1 aliphatic heterocycles. The van der Waals surface area contributed by atoms with Gasteiger partial charge in [0.25, 0.3) is 5.91 Å². The predicted molar refractivity (Wildman–Crippen MR) is 152 cm³/mol. The second-order valence-corrected chi connectivity index (χ2v) is 10.3. The Morgan fingerprint density at radius 3 is 2.45 bits per heavy atom. The van der Waals surface area contributed by atoms with Crippen LogP contribution in [0.1, 0.15) is 60.0 Å². The van der Waals surface area contributed by atoms with Crippen molar-refractivity contribution in [2.75, 3.05) is 44.2 Å². The zero-order valence-corrected chi connectivity index (χ0v) is 23.5. The molecule has 0 unspecified atom stereocenters. The summed E-state index contributed by atoms with van der Waals surface area (Å²) in [6, 6.07) is 15.6. The lowest BCUT2D eigenvalue weighted by molar-refractivity contribution is 0.0766. The number of anilines is 1. The lowest BCUT2D eigenvalue weighted by Gasteiger charge is -2.44. The molecule has 198 valence electrons. The van der Waals surface area contributed by atoms with Gasteiger partial charge in [-0.15, -0.1) is 0 Å². The highest BCUT2D eigenvalue weighted by Crippen LogP contribution is 2.36. The molecule has 38 heavy (non-hydrogen) atoms. The number of nitriles is 1. The number of halogens is 2. The van der Waals surface area contributed by atoms with Crippen LogP contribution in [0.25, 0.3) is 0 Å².